The van der Waals surface area contributed by atoms with Gasteiger partial charge in [0.15, 0.2) is 0 Å². The summed E-state index contributed by atoms with van der Waals surface area (Å²) in [5.74, 6) is 1.66. The largest absolute Gasteiger partial charge is 0.392 e. The second kappa shape index (κ2) is 13.1. The summed E-state index contributed by atoms with van der Waals surface area (Å²) in [6.45, 7) is 9.73. The summed E-state index contributed by atoms with van der Waals surface area (Å²) in [5.41, 5.74) is 1.41. The molecule has 2 N–H and O–H groups in total. The third kappa shape index (κ3) is 7.99. The highest BCUT2D eigenvalue weighted by Crippen LogP contribution is 2.47. The highest BCUT2D eigenvalue weighted by atomic mass is 16.5. The van der Waals surface area contributed by atoms with Gasteiger partial charge in [-0.15, -0.1) is 0 Å². The lowest BCUT2D eigenvalue weighted by atomic mass is 9.88. The van der Waals surface area contributed by atoms with Crippen molar-refractivity contribution in [2.24, 2.45) is 23.7 Å². The van der Waals surface area contributed by atoms with Gasteiger partial charge in [-0.1, -0.05) is 57.8 Å². The Hall–Kier alpha value is -0.680. The number of hydrogen-bond acceptors (Lipinski definition) is 4. The third-order valence-corrected chi connectivity index (χ3v) is 7.70. The lowest BCUT2D eigenvalue weighted by molar-refractivity contribution is 0.126. The molecule has 1 heterocycles. The Labute approximate surface area is 190 Å². The molecule has 2 aliphatic carbocycles. The standard InChI is InChI=1S/C27H47NO3/c1-3-4-9-21(2)16-24(29)10-11-25-26-18-22(17-23(26)19-27(25)30)20-31-15-8-14-28-12-6-5-7-13-28/h10-11,17,21,23-27,29-30H,3-9,12-16,18-20H2,1-2H3/b11-10+/t21-,23-,24+,25+,26-,27+/m0/s1. The first kappa shape index (κ1) is 25.0. The first-order valence-electron chi connectivity index (χ1n) is 13.1. The summed E-state index contributed by atoms with van der Waals surface area (Å²) >= 11 is 0. The maximum absolute atomic E-state index is 10.6. The van der Waals surface area contributed by atoms with Crippen LogP contribution in [0.3, 0.4) is 0 Å². The van der Waals surface area contributed by atoms with Crippen LogP contribution in [0.15, 0.2) is 23.8 Å². The van der Waals surface area contributed by atoms with Gasteiger partial charge < -0.3 is 19.8 Å². The SMILES string of the molecule is CCCC[C@H](C)C[C@H](O)/C=C/[C@@H]1[C@H]2CC(COCCCN3CCCCC3)=C[C@H]2C[C@H]1O. The van der Waals surface area contributed by atoms with Gasteiger partial charge in [-0.25, -0.2) is 0 Å². The minimum atomic E-state index is -0.393. The number of unbranched alkanes of at least 4 members (excludes halogenated alkanes) is 1. The van der Waals surface area contributed by atoms with Crippen molar-refractivity contribution in [3.8, 4) is 0 Å². The molecule has 0 spiro atoms. The van der Waals surface area contributed by atoms with Crippen molar-refractivity contribution in [2.45, 2.75) is 90.3 Å². The summed E-state index contributed by atoms with van der Waals surface area (Å²) in [6, 6.07) is 0. The molecule has 4 nitrogen and oxygen atoms in total. The summed E-state index contributed by atoms with van der Waals surface area (Å²) in [4.78, 5) is 2.57. The van der Waals surface area contributed by atoms with Gasteiger partial charge in [0.1, 0.15) is 0 Å². The third-order valence-electron chi connectivity index (χ3n) is 7.70. The Balaban J connectivity index is 1.35. The van der Waals surface area contributed by atoms with E-state index in [0.29, 0.717) is 17.8 Å². The highest BCUT2D eigenvalue weighted by Gasteiger charge is 2.43. The van der Waals surface area contributed by atoms with Crippen molar-refractivity contribution in [1.82, 2.24) is 4.90 Å². The Morgan fingerprint density at radius 2 is 2.03 bits per heavy atom. The van der Waals surface area contributed by atoms with E-state index in [4.69, 9.17) is 4.74 Å². The number of hydrogen-bond donors (Lipinski definition) is 2. The fourth-order valence-corrected chi connectivity index (χ4v) is 5.91. The summed E-state index contributed by atoms with van der Waals surface area (Å²) in [7, 11) is 0. The minimum Gasteiger partial charge on any atom is -0.392 e. The minimum absolute atomic E-state index is 0.165. The van der Waals surface area contributed by atoms with Crippen molar-refractivity contribution in [3.05, 3.63) is 23.8 Å². The normalized spacial score (nSPS) is 31.2. The van der Waals surface area contributed by atoms with Gasteiger partial charge in [0, 0.05) is 19.1 Å². The molecule has 1 aliphatic heterocycles. The van der Waals surface area contributed by atoms with Crippen molar-refractivity contribution in [3.63, 3.8) is 0 Å². The van der Waals surface area contributed by atoms with Crippen LogP contribution in [0, 0.1) is 23.7 Å². The molecule has 0 amide bonds. The second-order valence-corrected chi connectivity index (χ2v) is 10.5. The number of piperidine rings is 1. The van der Waals surface area contributed by atoms with Gasteiger partial charge in [-0.05, 0) is 74.9 Å². The lowest BCUT2D eigenvalue weighted by Gasteiger charge is -2.26. The molecule has 0 bridgehead atoms. The lowest BCUT2D eigenvalue weighted by Crippen LogP contribution is -2.31. The van der Waals surface area contributed by atoms with Crippen LogP contribution in [0.5, 0.6) is 0 Å². The Bertz CT molecular complexity index is 569. The van der Waals surface area contributed by atoms with E-state index in [-0.39, 0.29) is 12.0 Å². The van der Waals surface area contributed by atoms with E-state index < -0.39 is 6.10 Å². The van der Waals surface area contributed by atoms with Gasteiger partial charge in [-0.2, -0.15) is 0 Å². The maximum atomic E-state index is 10.6. The van der Waals surface area contributed by atoms with E-state index in [9.17, 15) is 10.2 Å². The van der Waals surface area contributed by atoms with Crippen molar-refractivity contribution in [1.29, 1.82) is 0 Å². The molecule has 0 aromatic carbocycles. The summed E-state index contributed by atoms with van der Waals surface area (Å²) in [5, 5.41) is 21.0. The average Bonchev–Trinajstić information content (AvgIpc) is 3.27. The number of ether oxygens (including phenoxy) is 1. The molecule has 0 aromatic rings. The Morgan fingerprint density at radius 1 is 1.23 bits per heavy atom. The molecule has 6 atom stereocenters. The topological polar surface area (TPSA) is 52.9 Å². The quantitative estimate of drug-likeness (QED) is 0.318. The van der Waals surface area contributed by atoms with E-state index in [1.165, 1.54) is 63.7 Å². The highest BCUT2D eigenvalue weighted by molar-refractivity contribution is 5.21. The van der Waals surface area contributed by atoms with E-state index in [2.05, 4.69) is 30.9 Å². The molecule has 0 unspecified atom stereocenters. The smallest absolute Gasteiger partial charge is 0.0723 e. The van der Waals surface area contributed by atoms with Crippen LogP contribution in [0.1, 0.15) is 78.1 Å². The molecule has 3 rings (SSSR count). The number of nitrogens with zero attached hydrogens (tertiary/aromatic N) is 1. The van der Waals surface area contributed by atoms with Crippen LogP contribution in [-0.4, -0.2) is 60.2 Å². The first-order valence-corrected chi connectivity index (χ1v) is 13.1. The Kier molecular flexibility index (Phi) is 10.6. The molecular weight excluding hydrogens is 386 g/mol. The predicted octanol–water partition coefficient (Wildman–Crippen LogP) is 4.96. The molecule has 3 aliphatic rings. The van der Waals surface area contributed by atoms with Gasteiger partial charge >= 0.3 is 0 Å². The van der Waals surface area contributed by atoms with Crippen LogP contribution in [0.2, 0.25) is 0 Å². The molecule has 178 valence electrons. The molecule has 1 saturated heterocycles. The number of rotatable bonds is 13. The number of allylic oxidation sites excluding steroid dienone is 1. The molecule has 1 saturated carbocycles. The number of aliphatic hydroxyl groups excluding tert-OH is 2. The number of likely N-dealkylation sites (tertiary alicyclic amines) is 1. The molecule has 2 fully saturated rings. The van der Waals surface area contributed by atoms with Crippen LogP contribution >= 0.6 is 0 Å². The van der Waals surface area contributed by atoms with Gasteiger partial charge in [0.2, 0.25) is 0 Å². The summed E-state index contributed by atoms with van der Waals surface area (Å²) < 4.78 is 5.99. The van der Waals surface area contributed by atoms with Gasteiger partial charge in [0.05, 0.1) is 18.8 Å². The van der Waals surface area contributed by atoms with Crippen LogP contribution < -0.4 is 0 Å². The van der Waals surface area contributed by atoms with Crippen LogP contribution in [-0.2, 0) is 4.74 Å². The zero-order valence-corrected chi connectivity index (χ0v) is 20.1. The molecule has 31 heavy (non-hydrogen) atoms. The summed E-state index contributed by atoms with van der Waals surface area (Å²) in [6.07, 6.45) is 17.3. The molecule has 0 aromatic heterocycles. The van der Waals surface area contributed by atoms with E-state index in [0.717, 1.165) is 38.9 Å². The predicted molar refractivity (Wildman–Crippen MR) is 128 cm³/mol. The monoisotopic (exact) mass is 433 g/mol. The molecule has 0 radical (unpaired) electrons. The van der Waals surface area contributed by atoms with Crippen LogP contribution in [0.4, 0.5) is 0 Å². The van der Waals surface area contributed by atoms with Gasteiger partial charge in [-0.3, -0.25) is 0 Å². The first-order chi connectivity index (χ1) is 15.1. The van der Waals surface area contributed by atoms with E-state index in [1.54, 1.807) is 0 Å². The second-order valence-electron chi connectivity index (χ2n) is 10.5. The number of aliphatic hydroxyl groups is 2. The van der Waals surface area contributed by atoms with Crippen molar-refractivity contribution in [2.75, 3.05) is 32.8 Å². The fourth-order valence-electron chi connectivity index (χ4n) is 5.91. The fraction of sp³-hybridized carbons (Fsp3) is 0.852. The zero-order chi connectivity index (χ0) is 22.1. The number of fused-ring (bicyclic) bond motifs is 1. The van der Waals surface area contributed by atoms with Gasteiger partial charge in [0.25, 0.3) is 0 Å². The van der Waals surface area contributed by atoms with Crippen LogP contribution in [0.25, 0.3) is 0 Å². The van der Waals surface area contributed by atoms with Crippen molar-refractivity contribution < 1.29 is 14.9 Å². The average molecular weight is 434 g/mol. The maximum Gasteiger partial charge on any atom is 0.0723 e. The van der Waals surface area contributed by atoms with E-state index in [1.807, 2.05) is 6.08 Å². The molecule has 4 heteroatoms. The van der Waals surface area contributed by atoms with Crippen molar-refractivity contribution >= 4 is 0 Å². The Morgan fingerprint density at radius 3 is 2.81 bits per heavy atom. The molecular formula is C27H47NO3. The zero-order valence-electron chi connectivity index (χ0n) is 20.1. The van der Waals surface area contributed by atoms with E-state index >= 15 is 0 Å².